The molecule has 4 N–H and O–H groups in total. The van der Waals surface area contributed by atoms with Crippen molar-refractivity contribution >= 4 is 23.3 Å². The summed E-state index contributed by atoms with van der Waals surface area (Å²) in [6, 6.07) is 4.95. The third-order valence-electron chi connectivity index (χ3n) is 3.48. The molecule has 98 valence electrons. The van der Waals surface area contributed by atoms with Crippen LogP contribution in [0.5, 0.6) is 0 Å². The monoisotopic (exact) mass is 268 g/mol. The number of rotatable bonds is 4. The second-order valence-corrected chi connectivity index (χ2v) is 5.17. The molecule has 4 nitrogen and oxygen atoms in total. The Morgan fingerprint density at radius 2 is 2.28 bits per heavy atom. The number of carboxylic acids is 1. The van der Waals surface area contributed by atoms with Gasteiger partial charge in [-0.2, -0.15) is 0 Å². The van der Waals surface area contributed by atoms with Crippen LogP contribution in [0.1, 0.15) is 29.6 Å². The lowest BCUT2D eigenvalue weighted by atomic mass is 10.0. The van der Waals surface area contributed by atoms with Gasteiger partial charge in [0.25, 0.3) is 0 Å². The van der Waals surface area contributed by atoms with Crippen molar-refractivity contribution in [2.24, 2.45) is 11.7 Å². The van der Waals surface area contributed by atoms with Crippen LogP contribution in [-0.2, 0) is 0 Å². The Bertz CT molecular complexity index is 451. The molecule has 2 unspecified atom stereocenters. The summed E-state index contributed by atoms with van der Waals surface area (Å²) in [5, 5.41) is 12.8. The molecular formula is C13H17ClN2O2. The van der Waals surface area contributed by atoms with Gasteiger partial charge < -0.3 is 16.2 Å². The van der Waals surface area contributed by atoms with E-state index in [0.29, 0.717) is 23.2 Å². The van der Waals surface area contributed by atoms with Crippen LogP contribution in [-0.4, -0.2) is 23.7 Å². The highest BCUT2D eigenvalue weighted by Crippen LogP contribution is 2.26. The van der Waals surface area contributed by atoms with E-state index in [1.165, 1.54) is 6.07 Å². The first-order valence-electron chi connectivity index (χ1n) is 6.10. The summed E-state index contributed by atoms with van der Waals surface area (Å²) in [4.78, 5) is 11.1. The fourth-order valence-corrected chi connectivity index (χ4v) is 2.58. The van der Waals surface area contributed by atoms with E-state index < -0.39 is 5.97 Å². The molecule has 18 heavy (non-hydrogen) atoms. The average molecular weight is 269 g/mol. The van der Waals surface area contributed by atoms with Crippen LogP contribution in [0, 0.1) is 5.92 Å². The summed E-state index contributed by atoms with van der Waals surface area (Å²) in [6.07, 6.45) is 3.29. The van der Waals surface area contributed by atoms with Gasteiger partial charge in [-0.3, -0.25) is 0 Å². The summed E-state index contributed by atoms with van der Waals surface area (Å²) in [5.74, 6) is -0.546. The van der Waals surface area contributed by atoms with Gasteiger partial charge in [-0.1, -0.05) is 18.0 Å². The van der Waals surface area contributed by atoms with E-state index >= 15 is 0 Å². The molecule has 1 aromatic carbocycles. The number of nitrogens with one attached hydrogen (secondary N) is 1. The standard InChI is InChI=1S/C13H17ClN2O2/c14-9-4-5-10(13(17)18)12(6-9)16-7-8-2-1-3-11(8)15/h4-6,8,11,16H,1-3,7,15H2,(H,17,18). The molecule has 0 spiro atoms. The number of carboxylic acid groups (broad SMARTS) is 1. The molecule has 0 bridgehead atoms. The minimum Gasteiger partial charge on any atom is -0.478 e. The number of hydrogen-bond acceptors (Lipinski definition) is 3. The van der Waals surface area contributed by atoms with E-state index in [4.69, 9.17) is 22.4 Å². The maximum Gasteiger partial charge on any atom is 0.337 e. The fourth-order valence-electron chi connectivity index (χ4n) is 2.41. The van der Waals surface area contributed by atoms with Crippen LogP contribution < -0.4 is 11.1 Å². The zero-order valence-corrected chi connectivity index (χ0v) is 10.8. The Labute approximate surface area is 111 Å². The van der Waals surface area contributed by atoms with Gasteiger partial charge in [-0.05, 0) is 37.0 Å². The molecule has 0 heterocycles. The molecule has 1 aromatic rings. The normalized spacial score (nSPS) is 23.0. The minimum atomic E-state index is -0.954. The quantitative estimate of drug-likeness (QED) is 0.785. The average Bonchev–Trinajstić information content (AvgIpc) is 2.72. The molecular weight excluding hydrogens is 252 g/mol. The maximum absolute atomic E-state index is 11.1. The van der Waals surface area contributed by atoms with E-state index in [1.54, 1.807) is 12.1 Å². The van der Waals surface area contributed by atoms with Crippen LogP contribution in [0.15, 0.2) is 18.2 Å². The maximum atomic E-state index is 11.1. The molecule has 1 fully saturated rings. The van der Waals surface area contributed by atoms with Crippen molar-refractivity contribution in [1.29, 1.82) is 0 Å². The lowest BCUT2D eigenvalue weighted by molar-refractivity contribution is 0.0698. The van der Waals surface area contributed by atoms with Crippen molar-refractivity contribution in [3.63, 3.8) is 0 Å². The fraction of sp³-hybridized carbons (Fsp3) is 0.462. The third-order valence-corrected chi connectivity index (χ3v) is 3.72. The van der Waals surface area contributed by atoms with Crippen molar-refractivity contribution in [3.05, 3.63) is 28.8 Å². The number of halogens is 1. The number of benzene rings is 1. The molecule has 2 rings (SSSR count). The van der Waals surface area contributed by atoms with Crippen LogP contribution in [0.2, 0.25) is 5.02 Å². The molecule has 0 aliphatic heterocycles. The second-order valence-electron chi connectivity index (χ2n) is 4.73. The summed E-state index contributed by atoms with van der Waals surface area (Å²) in [6.45, 7) is 0.696. The van der Waals surface area contributed by atoms with Gasteiger partial charge >= 0.3 is 5.97 Å². The number of nitrogens with two attached hydrogens (primary N) is 1. The molecule has 0 saturated heterocycles. The van der Waals surface area contributed by atoms with Gasteiger partial charge in [0.1, 0.15) is 0 Å². The summed E-state index contributed by atoms with van der Waals surface area (Å²) in [5.41, 5.74) is 6.79. The van der Waals surface area contributed by atoms with Crippen LogP contribution in [0.25, 0.3) is 0 Å². The number of anilines is 1. The highest BCUT2D eigenvalue weighted by Gasteiger charge is 2.24. The van der Waals surface area contributed by atoms with E-state index in [2.05, 4.69) is 5.32 Å². The first kappa shape index (κ1) is 13.2. The number of carbonyl (C=O) groups is 1. The highest BCUT2D eigenvalue weighted by molar-refractivity contribution is 6.31. The van der Waals surface area contributed by atoms with Crippen LogP contribution in [0.3, 0.4) is 0 Å². The topological polar surface area (TPSA) is 75.3 Å². The molecule has 2 atom stereocenters. The Kier molecular flexibility index (Phi) is 4.09. The first-order valence-corrected chi connectivity index (χ1v) is 6.48. The predicted molar refractivity (Wildman–Crippen MR) is 72.2 cm³/mol. The smallest absolute Gasteiger partial charge is 0.337 e. The molecule has 0 radical (unpaired) electrons. The SMILES string of the molecule is NC1CCCC1CNc1cc(Cl)ccc1C(=O)O. The molecule has 1 aliphatic carbocycles. The zero-order chi connectivity index (χ0) is 13.1. The largest absolute Gasteiger partial charge is 0.478 e. The van der Waals surface area contributed by atoms with Gasteiger partial charge in [0.2, 0.25) is 0 Å². The first-order chi connectivity index (χ1) is 8.58. The van der Waals surface area contributed by atoms with E-state index in [-0.39, 0.29) is 11.6 Å². The predicted octanol–water partition coefficient (Wildman–Crippen LogP) is 2.58. The number of hydrogen-bond donors (Lipinski definition) is 3. The van der Waals surface area contributed by atoms with Gasteiger partial charge in [0, 0.05) is 17.6 Å². The Morgan fingerprint density at radius 1 is 1.50 bits per heavy atom. The Morgan fingerprint density at radius 3 is 2.89 bits per heavy atom. The number of aromatic carboxylic acids is 1. The van der Waals surface area contributed by atoms with Gasteiger partial charge in [-0.15, -0.1) is 0 Å². The Balaban J connectivity index is 2.08. The minimum absolute atomic E-state index is 0.213. The lowest BCUT2D eigenvalue weighted by Gasteiger charge is -2.17. The van der Waals surface area contributed by atoms with E-state index in [1.807, 2.05) is 0 Å². The van der Waals surface area contributed by atoms with Crippen molar-refractivity contribution in [2.75, 3.05) is 11.9 Å². The summed E-state index contributed by atoms with van der Waals surface area (Å²) >= 11 is 5.89. The lowest BCUT2D eigenvalue weighted by Crippen LogP contribution is -2.29. The van der Waals surface area contributed by atoms with Gasteiger partial charge in [0.15, 0.2) is 0 Å². The van der Waals surface area contributed by atoms with Crippen LogP contribution in [0.4, 0.5) is 5.69 Å². The summed E-state index contributed by atoms with van der Waals surface area (Å²) < 4.78 is 0. The van der Waals surface area contributed by atoms with Gasteiger partial charge in [0.05, 0.1) is 11.3 Å². The molecule has 0 aromatic heterocycles. The van der Waals surface area contributed by atoms with Gasteiger partial charge in [-0.25, -0.2) is 4.79 Å². The second kappa shape index (κ2) is 5.59. The molecule has 0 amide bonds. The molecule has 1 aliphatic rings. The van der Waals surface area contributed by atoms with E-state index in [9.17, 15) is 4.79 Å². The zero-order valence-electron chi connectivity index (χ0n) is 10.0. The molecule has 1 saturated carbocycles. The molecule has 5 heteroatoms. The van der Waals surface area contributed by atoms with Crippen molar-refractivity contribution < 1.29 is 9.90 Å². The third kappa shape index (κ3) is 2.94. The van der Waals surface area contributed by atoms with Crippen molar-refractivity contribution in [2.45, 2.75) is 25.3 Å². The Hall–Kier alpha value is -1.26. The highest BCUT2D eigenvalue weighted by atomic mass is 35.5. The summed E-state index contributed by atoms with van der Waals surface area (Å²) in [7, 11) is 0. The van der Waals surface area contributed by atoms with Crippen molar-refractivity contribution in [1.82, 2.24) is 0 Å². The van der Waals surface area contributed by atoms with Crippen LogP contribution >= 0.6 is 11.6 Å². The van der Waals surface area contributed by atoms with E-state index in [0.717, 1.165) is 19.3 Å². The van der Waals surface area contributed by atoms with Crippen molar-refractivity contribution in [3.8, 4) is 0 Å².